The lowest BCUT2D eigenvalue weighted by atomic mass is 10.3. The van der Waals surface area contributed by atoms with Gasteiger partial charge in [-0.1, -0.05) is 11.8 Å². The van der Waals surface area contributed by atoms with Gasteiger partial charge in [0.15, 0.2) is 0 Å². The van der Waals surface area contributed by atoms with Gasteiger partial charge < -0.3 is 5.11 Å². The lowest BCUT2D eigenvalue weighted by molar-refractivity contribution is -0.136. The summed E-state index contributed by atoms with van der Waals surface area (Å²) < 4.78 is 0. The van der Waals surface area contributed by atoms with Crippen LogP contribution in [0, 0.1) is 0 Å². The molecule has 1 N–H and O–H groups in total. The number of aromatic carboxylic acids is 1. The minimum atomic E-state index is -1.05. The van der Waals surface area contributed by atoms with E-state index in [0.717, 1.165) is 4.90 Å². The Bertz CT molecular complexity index is 514. The standard InChI is InChI=1S/C11H10N2O4S/c1-13-9(14)4-7(10(13)15)18-8-3-2-6(5-12-8)11(16)17/h2-3,5,7H,4H2,1H3,(H,16,17). The van der Waals surface area contributed by atoms with Crippen molar-refractivity contribution in [2.75, 3.05) is 7.05 Å². The molecule has 2 heterocycles. The van der Waals surface area contributed by atoms with E-state index >= 15 is 0 Å². The van der Waals surface area contributed by atoms with Crippen molar-refractivity contribution in [2.45, 2.75) is 16.7 Å². The third kappa shape index (κ3) is 2.35. The first-order valence-electron chi connectivity index (χ1n) is 5.15. The van der Waals surface area contributed by atoms with Crippen molar-refractivity contribution in [2.24, 2.45) is 0 Å². The predicted octanol–water partition coefficient (Wildman–Crippen LogP) is 0.629. The van der Waals surface area contributed by atoms with Gasteiger partial charge in [0.05, 0.1) is 15.8 Å². The minimum absolute atomic E-state index is 0.0882. The van der Waals surface area contributed by atoms with Crippen LogP contribution in [-0.4, -0.2) is 45.1 Å². The molecule has 0 bridgehead atoms. The van der Waals surface area contributed by atoms with Crippen LogP contribution in [0.2, 0.25) is 0 Å². The van der Waals surface area contributed by atoms with Crippen molar-refractivity contribution in [1.82, 2.24) is 9.88 Å². The molecule has 1 aliphatic rings. The van der Waals surface area contributed by atoms with Gasteiger partial charge in [-0.3, -0.25) is 14.5 Å². The Morgan fingerprint density at radius 1 is 1.50 bits per heavy atom. The molecule has 1 saturated heterocycles. The van der Waals surface area contributed by atoms with E-state index in [9.17, 15) is 14.4 Å². The third-order valence-corrected chi connectivity index (χ3v) is 3.72. The van der Waals surface area contributed by atoms with E-state index in [0.29, 0.717) is 5.03 Å². The van der Waals surface area contributed by atoms with Crippen molar-refractivity contribution in [1.29, 1.82) is 0 Å². The lowest BCUT2D eigenvalue weighted by Crippen LogP contribution is -2.26. The maximum Gasteiger partial charge on any atom is 0.337 e. The van der Waals surface area contributed by atoms with Gasteiger partial charge in [-0.25, -0.2) is 9.78 Å². The van der Waals surface area contributed by atoms with Crippen molar-refractivity contribution in [3.05, 3.63) is 23.9 Å². The molecule has 94 valence electrons. The first-order valence-corrected chi connectivity index (χ1v) is 6.03. The largest absolute Gasteiger partial charge is 0.478 e. The topological polar surface area (TPSA) is 87.6 Å². The second kappa shape index (κ2) is 4.77. The highest BCUT2D eigenvalue weighted by Gasteiger charge is 2.36. The fourth-order valence-corrected chi connectivity index (χ4v) is 2.57. The molecule has 1 fully saturated rings. The summed E-state index contributed by atoms with van der Waals surface area (Å²) in [6, 6.07) is 2.95. The number of carboxylic acids is 1. The SMILES string of the molecule is CN1C(=O)CC(Sc2ccc(C(=O)O)cn2)C1=O. The predicted molar refractivity (Wildman–Crippen MR) is 63.2 cm³/mol. The molecule has 0 aromatic carbocycles. The highest BCUT2D eigenvalue weighted by Crippen LogP contribution is 2.29. The number of amides is 2. The maximum absolute atomic E-state index is 11.7. The Labute approximate surface area is 107 Å². The maximum atomic E-state index is 11.7. The fourth-order valence-electron chi connectivity index (χ4n) is 1.54. The number of pyridine rings is 1. The minimum Gasteiger partial charge on any atom is -0.478 e. The van der Waals surface area contributed by atoms with E-state index in [1.54, 1.807) is 0 Å². The van der Waals surface area contributed by atoms with E-state index in [1.165, 1.54) is 37.1 Å². The van der Waals surface area contributed by atoms with Gasteiger partial charge in [-0.05, 0) is 12.1 Å². The summed E-state index contributed by atoms with van der Waals surface area (Å²) in [5.41, 5.74) is 0.0882. The lowest BCUT2D eigenvalue weighted by Gasteiger charge is -2.07. The zero-order valence-corrected chi connectivity index (χ0v) is 10.3. The Balaban J connectivity index is 2.08. The van der Waals surface area contributed by atoms with E-state index in [-0.39, 0.29) is 23.8 Å². The van der Waals surface area contributed by atoms with Crippen molar-refractivity contribution < 1.29 is 19.5 Å². The van der Waals surface area contributed by atoms with Gasteiger partial charge in [-0.2, -0.15) is 0 Å². The van der Waals surface area contributed by atoms with Gasteiger partial charge in [-0.15, -0.1) is 0 Å². The molecule has 7 heteroatoms. The summed E-state index contributed by atoms with van der Waals surface area (Å²) in [6.07, 6.45) is 1.39. The molecule has 1 aromatic heterocycles. The average molecular weight is 266 g/mol. The Hall–Kier alpha value is -1.89. The number of aromatic nitrogens is 1. The number of carbonyl (C=O) groups excluding carboxylic acids is 2. The zero-order chi connectivity index (χ0) is 13.3. The quantitative estimate of drug-likeness (QED) is 0.807. The number of hydrogen-bond acceptors (Lipinski definition) is 5. The molecule has 1 unspecified atom stereocenters. The van der Waals surface area contributed by atoms with Crippen LogP contribution >= 0.6 is 11.8 Å². The summed E-state index contributed by atoms with van der Waals surface area (Å²) in [5, 5.41) is 8.78. The number of nitrogens with zero attached hydrogens (tertiary/aromatic N) is 2. The summed E-state index contributed by atoms with van der Waals surface area (Å²) in [4.78, 5) is 38.7. The van der Waals surface area contributed by atoms with Crippen LogP contribution in [0.1, 0.15) is 16.8 Å². The van der Waals surface area contributed by atoms with Crippen molar-refractivity contribution in [3.63, 3.8) is 0 Å². The zero-order valence-electron chi connectivity index (χ0n) is 9.49. The van der Waals surface area contributed by atoms with Gasteiger partial charge in [0.2, 0.25) is 11.8 Å². The van der Waals surface area contributed by atoms with Gasteiger partial charge in [0.1, 0.15) is 0 Å². The van der Waals surface area contributed by atoms with Gasteiger partial charge >= 0.3 is 5.97 Å². The van der Waals surface area contributed by atoms with Crippen molar-refractivity contribution in [3.8, 4) is 0 Å². The molecular formula is C11H10N2O4S. The van der Waals surface area contributed by atoms with E-state index in [1.807, 2.05) is 0 Å². The normalized spacial score (nSPS) is 19.4. The van der Waals surface area contributed by atoms with Crippen LogP contribution in [-0.2, 0) is 9.59 Å². The molecule has 0 spiro atoms. The summed E-state index contributed by atoms with van der Waals surface area (Å²) in [6.45, 7) is 0. The van der Waals surface area contributed by atoms with Crippen LogP contribution in [0.25, 0.3) is 0 Å². The summed E-state index contributed by atoms with van der Waals surface area (Å²) in [5.74, 6) is -1.50. The number of hydrogen-bond donors (Lipinski definition) is 1. The number of imide groups is 1. The van der Waals surface area contributed by atoms with E-state index in [2.05, 4.69) is 4.98 Å². The Morgan fingerprint density at radius 2 is 2.22 bits per heavy atom. The molecular weight excluding hydrogens is 256 g/mol. The number of carboxylic acid groups (broad SMARTS) is 1. The Morgan fingerprint density at radius 3 is 2.67 bits per heavy atom. The smallest absolute Gasteiger partial charge is 0.337 e. The van der Waals surface area contributed by atoms with Crippen LogP contribution in [0.15, 0.2) is 23.4 Å². The average Bonchev–Trinajstić information content (AvgIpc) is 2.58. The second-order valence-corrected chi connectivity index (χ2v) is 5.01. The molecule has 6 nitrogen and oxygen atoms in total. The summed E-state index contributed by atoms with van der Waals surface area (Å²) in [7, 11) is 1.45. The molecule has 0 saturated carbocycles. The van der Waals surface area contributed by atoms with Gasteiger partial charge in [0.25, 0.3) is 0 Å². The number of carbonyl (C=O) groups is 3. The molecule has 0 radical (unpaired) electrons. The fraction of sp³-hybridized carbons (Fsp3) is 0.273. The van der Waals surface area contributed by atoms with Crippen LogP contribution < -0.4 is 0 Å². The van der Waals surface area contributed by atoms with E-state index < -0.39 is 11.2 Å². The first kappa shape index (κ1) is 12.6. The molecule has 18 heavy (non-hydrogen) atoms. The van der Waals surface area contributed by atoms with Crippen LogP contribution in [0.4, 0.5) is 0 Å². The number of thioether (sulfide) groups is 1. The molecule has 0 aliphatic carbocycles. The number of likely N-dealkylation sites (tertiary alicyclic amines) is 1. The molecule has 2 rings (SSSR count). The molecule has 1 aromatic rings. The highest BCUT2D eigenvalue weighted by atomic mass is 32.2. The second-order valence-electron chi connectivity index (χ2n) is 3.79. The van der Waals surface area contributed by atoms with Gasteiger partial charge in [0, 0.05) is 19.7 Å². The van der Waals surface area contributed by atoms with E-state index in [4.69, 9.17) is 5.11 Å². The first-order chi connectivity index (χ1) is 8.49. The third-order valence-electron chi connectivity index (χ3n) is 2.59. The summed E-state index contributed by atoms with van der Waals surface area (Å²) >= 11 is 1.17. The monoisotopic (exact) mass is 266 g/mol. The van der Waals surface area contributed by atoms with Crippen LogP contribution in [0.5, 0.6) is 0 Å². The van der Waals surface area contributed by atoms with Crippen molar-refractivity contribution >= 4 is 29.5 Å². The Kier molecular flexibility index (Phi) is 3.33. The van der Waals surface area contributed by atoms with Crippen LogP contribution in [0.3, 0.4) is 0 Å². The molecule has 2 amide bonds. The number of rotatable bonds is 3. The highest BCUT2D eigenvalue weighted by molar-refractivity contribution is 8.00. The molecule has 1 aliphatic heterocycles. The molecule has 1 atom stereocenters.